The molecule has 0 atom stereocenters. The van der Waals surface area contributed by atoms with Gasteiger partial charge < -0.3 is 10.6 Å². The molecule has 0 heterocycles. The van der Waals surface area contributed by atoms with E-state index in [0.717, 1.165) is 24.5 Å². The van der Waals surface area contributed by atoms with E-state index in [0.29, 0.717) is 17.4 Å². The van der Waals surface area contributed by atoms with Crippen LogP contribution in [0.25, 0.3) is 0 Å². The van der Waals surface area contributed by atoms with Gasteiger partial charge in [-0.25, -0.2) is 8.42 Å². The second-order valence-electron chi connectivity index (χ2n) is 5.80. The number of guanidine groups is 1. The second kappa shape index (κ2) is 10.9. The molecule has 1 rings (SSSR count). The Labute approximate surface area is 157 Å². The van der Waals surface area contributed by atoms with Crippen molar-refractivity contribution in [2.45, 2.75) is 38.1 Å². The van der Waals surface area contributed by atoms with Crippen LogP contribution < -0.4 is 10.6 Å². The molecule has 0 unspecified atom stereocenters. The van der Waals surface area contributed by atoms with Gasteiger partial charge in [0.1, 0.15) is 0 Å². The maximum atomic E-state index is 11.4. The molecule has 0 radical (unpaired) electrons. The smallest absolute Gasteiger partial charge is 0.191 e. The Morgan fingerprint density at radius 1 is 1.17 bits per heavy atom. The highest BCUT2D eigenvalue weighted by molar-refractivity contribution is 14.0. The zero-order chi connectivity index (χ0) is 16.6. The maximum absolute atomic E-state index is 11.4. The summed E-state index contributed by atoms with van der Waals surface area (Å²) in [7, 11) is -1.39. The maximum Gasteiger partial charge on any atom is 0.191 e. The highest BCUT2D eigenvalue weighted by Crippen LogP contribution is 2.10. The molecule has 0 spiro atoms. The number of nitrogens with zero attached hydrogens (tertiary/aromatic N) is 1. The first-order chi connectivity index (χ1) is 10.3. The van der Waals surface area contributed by atoms with Gasteiger partial charge in [-0.1, -0.05) is 26.0 Å². The Morgan fingerprint density at radius 3 is 2.26 bits per heavy atom. The van der Waals surface area contributed by atoms with Gasteiger partial charge >= 0.3 is 0 Å². The summed E-state index contributed by atoms with van der Waals surface area (Å²) in [5, 5.41) is 6.50. The SMILES string of the molecule is CN=C(NCCCC(C)C)NCc1ccc(S(C)(=O)=O)cc1.I. The van der Waals surface area contributed by atoms with E-state index < -0.39 is 9.84 Å². The monoisotopic (exact) mass is 453 g/mol. The number of hydrogen-bond acceptors (Lipinski definition) is 3. The molecule has 1 aromatic rings. The van der Waals surface area contributed by atoms with Gasteiger partial charge in [0.15, 0.2) is 15.8 Å². The van der Waals surface area contributed by atoms with Crippen molar-refractivity contribution in [1.29, 1.82) is 0 Å². The fourth-order valence-corrected chi connectivity index (χ4v) is 2.61. The number of benzene rings is 1. The van der Waals surface area contributed by atoms with E-state index in [2.05, 4.69) is 29.5 Å². The van der Waals surface area contributed by atoms with Gasteiger partial charge in [0.05, 0.1) is 4.90 Å². The molecule has 0 saturated heterocycles. The second-order valence-corrected chi connectivity index (χ2v) is 7.82. The average Bonchev–Trinajstić information content (AvgIpc) is 2.46. The molecule has 0 aromatic heterocycles. The van der Waals surface area contributed by atoms with Crippen molar-refractivity contribution in [3.8, 4) is 0 Å². The molecule has 0 saturated carbocycles. The Kier molecular flexibility index (Phi) is 10.5. The molecule has 0 aliphatic heterocycles. The van der Waals surface area contributed by atoms with Crippen molar-refractivity contribution in [1.82, 2.24) is 10.6 Å². The Hall–Kier alpha value is -0.830. The summed E-state index contributed by atoms with van der Waals surface area (Å²) in [6.07, 6.45) is 3.52. The number of rotatable bonds is 7. The largest absolute Gasteiger partial charge is 0.356 e. The van der Waals surface area contributed by atoms with E-state index in [9.17, 15) is 8.42 Å². The molecule has 1 aromatic carbocycles. The molecule has 0 bridgehead atoms. The van der Waals surface area contributed by atoms with Gasteiger partial charge in [-0.3, -0.25) is 4.99 Å². The van der Waals surface area contributed by atoms with E-state index in [1.165, 1.54) is 12.7 Å². The predicted octanol–water partition coefficient (Wildman–Crippen LogP) is 2.81. The zero-order valence-corrected chi connectivity index (χ0v) is 17.4. The average molecular weight is 453 g/mol. The number of halogens is 1. The molecule has 132 valence electrons. The van der Waals surface area contributed by atoms with Gasteiger partial charge in [0, 0.05) is 26.4 Å². The molecular formula is C16H28IN3O2S. The predicted molar refractivity (Wildman–Crippen MR) is 107 cm³/mol. The van der Waals surface area contributed by atoms with E-state index in [1.54, 1.807) is 19.2 Å². The molecule has 0 amide bonds. The van der Waals surface area contributed by atoms with Crippen LogP contribution >= 0.6 is 24.0 Å². The molecular weight excluding hydrogens is 425 g/mol. The quantitative estimate of drug-likeness (QED) is 0.288. The standard InChI is InChI=1S/C16H27N3O2S.HI/c1-13(2)6-5-11-18-16(17-3)19-12-14-7-9-15(10-8-14)22(4,20)21;/h7-10,13H,5-6,11-12H2,1-4H3,(H2,17,18,19);1H. The fraction of sp³-hybridized carbons (Fsp3) is 0.562. The van der Waals surface area contributed by atoms with Crippen LogP contribution in [-0.4, -0.2) is 34.2 Å². The molecule has 23 heavy (non-hydrogen) atoms. The lowest BCUT2D eigenvalue weighted by Crippen LogP contribution is -2.37. The molecule has 0 aliphatic rings. The number of nitrogens with one attached hydrogen (secondary N) is 2. The molecule has 5 nitrogen and oxygen atoms in total. The summed E-state index contributed by atoms with van der Waals surface area (Å²) in [5.74, 6) is 1.47. The lowest BCUT2D eigenvalue weighted by molar-refractivity contribution is 0.549. The van der Waals surface area contributed by atoms with Crippen LogP contribution in [0.15, 0.2) is 34.2 Å². The van der Waals surface area contributed by atoms with Gasteiger partial charge in [0.25, 0.3) is 0 Å². The summed E-state index contributed by atoms with van der Waals surface area (Å²) in [5.41, 5.74) is 1.01. The Balaban J connectivity index is 0.00000484. The van der Waals surface area contributed by atoms with Crippen molar-refractivity contribution < 1.29 is 8.42 Å². The number of aliphatic imine (C=N–C) groups is 1. The third-order valence-electron chi connectivity index (χ3n) is 3.29. The van der Waals surface area contributed by atoms with Crippen molar-refractivity contribution >= 4 is 39.8 Å². The minimum absolute atomic E-state index is 0. The summed E-state index contributed by atoms with van der Waals surface area (Å²) < 4.78 is 22.8. The first-order valence-electron chi connectivity index (χ1n) is 7.56. The topological polar surface area (TPSA) is 70.6 Å². The van der Waals surface area contributed by atoms with Crippen LogP contribution in [0.1, 0.15) is 32.3 Å². The first-order valence-corrected chi connectivity index (χ1v) is 9.45. The van der Waals surface area contributed by atoms with Gasteiger partial charge in [0.2, 0.25) is 0 Å². The summed E-state index contributed by atoms with van der Waals surface area (Å²) in [6, 6.07) is 6.89. The van der Waals surface area contributed by atoms with Crippen molar-refractivity contribution in [3.05, 3.63) is 29.8 Å². The molecule has 2 N–H and O–H groups in total. The van der Waals surface area contributed by atoms with E-state index in [-0.39, 0.29) is 24.0 Å². The number of sulfone groups is 1. The normalized spacial score (nSPS) is 12.0. The van der Waals surface area contributed by atoms with E-state index >= 15 is 0 Å². The zero-order valence-electron chi connectivity index (χ0n) is 14.3. The van der Waals surface area contributed by atoms with Crippen molar-refractivity contribution in [3.63, 3.8) is 0 Å². The third-order valence-corrected chi connectivity index (χ3v) is 4.41. The highest BCUT2D eigenvalue weighted by atomic mass is 127. The molecule has 0 aliphatic carbocycles. The van der Waals surface area contributed by atoms with E-state index in [1.807, 2.05) is 12.1 Å². The summed E-state index contributed by atoms with van der Waals surface area (Å²) >= 11 is 0. The molecule has 0 fully saturated rings. The van der Waals surface area contributed by atoms with Crippen LogP contribution in [0.2, 0.25) is 0 Å². The van der Waals surface area contributed by atoms with Crippen molar-refractivity contribution in [2.24, 2.45) is 10.9 Å². The summed E-state index contributed by atoms with van der Waals surface area (Å²) in [4.78, 5) is 4.52. The van der Waals surface area contributed by atoms with Crippen LogP contribution in [-0.2, 0) is 16.4 Å². The number of hydrogen-bond donors (Lipinski definition) is 2. The highest BCUT2D eigenvalue weighted by Gasteiger charge is 2.06. The minimum Gasteiger partial charge on any atom is -0.356 e. The van der Waals surface area contributed by atoms with Crippen LogP contribution in [0.4, 0.5) is 0 Å². The van der Waals surface area contributed by atoms with Gasteiger partial charge in [-0.15, -0.1) is 24.0 Å². The van der Waals surface area contributed by atoms with Gasteiger partial charge in [-0.2, -0.15) is 0 Å². The van der Waals surface area contributed by atoms with Crippen LogP contribution in [0.3, 0.4) is 0 Å². The minimum atomic E-state index is -3.13. The summed E-state index contributed by atoms with van der Waals surface area (Å²) in [6.45, 7) is 5.93. The first kappa shape index (κ1) is 22.2. The van der Waals surface area contributed by atoms with Crippen LogP contribution in [0.5, 0.6) is 0 Å². The van der Waals surface area contributed by atoms with E-state index in [4.69, 9.17) is 0 Å². The Bertz CT molecular complexity index is 584. The van der Waals surface area contributed by atoms with Crippen LogP contribution in [0, 0.1) is 5.92 Å². The van der Waals surface area contributed by atoms with Crippen molar-refractivity contribution in [2.75, 3.05) is 19.8 Å². The lowest BCUT2D eigenvalue weighted by atomic mass is 10.1. The third kappa shape index (κ3) is 9.14. The van der Waals surface area contributed by atoms with Gasteiger partial charge in [-0.05, 0) is 36.5 Å². The Morgan fingerprint density at radius 2 is 1.78 bits per heavy atom. The molecule has 7 heteroatoms. The fourth-order valence-electron chi connectivity index (χ4n) is 1.98. The lowest BCUT2D eigenvalue weighted by Gasteiger charge is -2.12.